The van der Waals surface area contributed by atoms with Crippen LogP contribution in [0.15, 0.2) is 53.0 Å². The Morgan fingerprint density at radius 3 is 2.74 bits per heavy atom. The summed E-state index contributed by atoms with van der Waals surface area (Å²) in [6, 6.07) is 9.25. The lowest BCUT2D eigenvalue weighted by atomic mass is 10.3. The van der Waals surface area contributed by atoms with Gasteiger partial charge in [-0.15, -0.1) is 11.3 Å². The number of rotatable bonds is 4. The molecular weight excluding hydrogens is 364 g/mol. The minimum absolute atomic E-state index is 0.149. The van der Waals surface area contributed by atoms with Crippen LogP contribution >= 0.6 is 11.3 Å². The van der Waals surface area contributed by atoms with E-state index in [1.807, 2.05) is 42.6 Å². The van der Waals surface area contributed by atoms with Crippen molar-refractivity contribution in [2.45, 2.75) is 13.5 Å². The van der Waals surface area contributed by atoms with Crippen LogP contribution in [0, 0.1) is 6.92 Å². The van der Waals surface area contributed by atoms with Crippen molar-refractivity contribution in [3.8, 4) is 0 Å². The van der Waals surface area contributed by atoms with E-state index < -0.39 is 0 Å². The maximum absolute atomic E-state index is 13.1. The van der Waals surface area contributed by atoms with Crippen molar-refractivity contribution in [3.05, 3.63) is 64.3 Å². The van der Waals surface area contributed by atoms with Crippen molar-refractivity contribution < 1.29 is 4.79 Å². The molecule has 1 amide bonds. The van der Waals surface area contributed by atoms with E-state index in [-0.39, 0.29) is 18.0 Å². The van der Waals surface area contributed by atoms with Crippen molar-refractivity contribution in [3.63, 3.8) is 0 Å². The predicted octanol–water partition coefficient (Wildman–Crippen LogP) is 2.26. The number of carbonyl (C=O) groups is 1. The number of carbonyl (C=O) groups excluding carboxylic acids is 1. The largest absolute Gasteiger partial charge is 0.289 e. The zero-order valence-electron chi connectivity index (χ0n) is 14.7. The molecule has 0 aliphatic rings. The van der Waals surface area contributed by atoms with Crippen LogP contribution in [0.1, 0.15) is 5.69 Å². The minimum Gasteiger partial charge on any atom is -0.289 e. The molecule has 4 aromatic rings. The van der Waals surface area contributed by atoms with E-state index in [0.29, 0.717) is 21.9 Å². The highest BCUT2D eigenvalue weighted by molar-refractivity contribution is 7.14. The van der Waals surface area contributed by atoms with Gasteiger partial charge >= 0.3 is 0 Å². The summed E-state index contributed by atoms with van der Waals surface area (Å²) in [5.74, 6) is -0.275. The first kappa shape index (κ1) is 17.1. The van der Waals surface area contributed by atoms with Gasteiger partial charge in [0.25, 0.3) is 11.5 Å². The van der Waals surface area contributed by atoms with Crippen LogP contribution in [0.2, 0.25) is 0 Å². The second-order valence-corrected chi connectivity index (χ2v) is 6.86. The van der Waals surface area contributed by atoms with Gasteiger partial charge in [0, 0.05) is 12.4 Å². The molecule has 0 bridgehead atoms. The summed E-state index contributed by atoms with van der Waals surface area (Å²) in [5, 5.41) is 6.87. The molecule has 0 aliphatic heterocycles. The predicted molar refractivity (Wildman–Crippen MR) is 103 cm³/mol. The van der Waals surface area contributed by atoms with Crippen LogP contribution in [0.4, 0.5) is 10.8 Å². The molecule has 0 fully saturated rings. The number of hydrogen-bond acceptors (Lipinski definition) is 6. The number of para-hydroxylation sites is 1. The Balaban J connectivity index is 1.72. The number of fused-ring (bicyclic) bond motifs is 1. The van der Waals surface area contributed by atoms with Gasteiger partial charge in [-0.1, -0.05) is 18.2 Å². The third kappa shape index (κ3) is 3.13. The highest BCUT2D eigenvalue weighted by Gasteiger charge is 2.22. The lowest BCUT2D eigenvalue weighted by molar-refractivity contribution is -0.118. The topological polar surface area (TPSA) is 85.9 Å². The second-order valence-electron chi connectivity index (χ2n) is 6.02. The molecule has 0 atom stereocenters. The molecular formula is C18H16N6O2S. The van der Waals surface area contributed by atoms with Gasteiger partial charge in [-0.25, -0.2) is 9.97 Å². The summed E-state index contributed by atoms with van der Waals surface area (Å²) >= 11 is 1.38. The van der Waals surface area contributed by atoms with E-state index in [4.69, 9.17) is 0 Å². The molecule has 3 heterocycles. The molecule has 0 radical (unpaired) electrons. The van der Waals surface area contributed by atoms with E-state index >= 15 is 0 Å². The average Bonchev–Trinajstić information content (AvgIpc) is 3.25. The molecule has 0 N–H and O–H groups in total. The molecule has 3 aromatic heterocycles. The Morgan fingerprint density at radius 2 is 2.04 bits per heavy atom. The molecule has 0 saturated heterocycles. The van der Waals surface area contributed by atoms with Crippen LogP contribution < -0.4 is 10.5 Å². The van der Waals surface area contributed by atoms with Gasteiger partial charge in [-0.05, 0) is 19.1 Å². The van der Waals surface area contributed by atoms with E-state index in [2.05, 4.69) is 15.1 Å². The van der Waals surface area contributed by atoms with E-state index in [0.717, 1.165) is 5.69 Å². The standard InChI is InChI=1S/C18H16N6O2S/c1-12-10-27-18(21-12)24(13-6-4-3-5-7-13)15(25)9-23-11-19-16-14(17(23)26)8-20-22(16)2/h3-8,10-11H,9H2,1-2H3. The summed E-state index contributed by atoms with van der Waals surface area (Å²) in [5.41, 5.74) is 1.71. The van der Waals surface area contributed by atoms with Gasteiger partial charge in [0.15, 0.2) is 10.8 Å². The molecule has 136 valence electrons. The number of benzene rings is 1. The van der Waals surface area contributed by atoms with Crippen LogP contribution in [-0.2, 0) is 18.4 Å². The third-order valence-electron chi connectivity index (χ3n) is 4.09. The van der Waals surface area contributed by atoms with E-state index in [9.17, 15) is 9.59 Å². The van der Waals surface area contributed by atoms with Gasteiger partial charge in [-0.3, -0.25) is 23.7 Å². The monoisotopic (exact) mass is 380 g/mol. The number of amides is 1. The first-order valence-electron chi connectivity index (χ1n) is 8.22. The fourth-order valence-corrected chi connectivity index (χ4v) is 3.62. The number of anilines is 2. The molecule has 4 rings (SSSR count). The Morgan fingerprint density at radius 1 is 1.26 bits per heavy atom. The Bertz CT molecular complexity index is 1180. The SMILES string of the molecule is Cc1csc(N(C(=O)Cn2cnc3c(cnn3C)c2=O)c2ccccc2)n1. The van der Waals surface area contributed by atoms with Crippen LogP contribution in [0.25, 0.3) is 11.0 Å². The summed E-state index contributed by atoms with van der Waals surface area (Å²) in [4.78, 5) is 36.0. The average molecular weight is 380 g/mol. The summed E-state index contributed by atoms with van der Waals surface area (Å²) in [6.45, 7) is 1.72. The van der Waals surface area contributed by atoms with Crippen molar-refractivity contribution >= 4 is 39.1 Å². The maximum atomic E-state index is 13.1. The molecule has 1 aromatic carbocycles. The highest BCUT2D eigenvalue weighted by Crippen LogP contribution is 2.28. The number of hydrogen-bond donors (Lipinski definition) is 0. The molecule has 0 unspecified atom stereocenters. The summed E-state index contributed by atoms with van der Waals surface area (Å²) in [7, 11) is 1.71. The quantitative estimate of drug-likeness (QED) is 0.542. The normalized spacial score (nSPS) is 11.0. The van der Waals surface area contributed by atoms with Crippen molar-refractivity contribution in [2.24, 2.45) is 7.05 Å². The molecule has 27 heavy (non-hydrogen) atoms. The fourth-order valence-electron chi connectivity index (χ4n) is 2.78. The maximum Gasteiger partial charge on any atom is 0.264 e. The molecule has 0 spiro atoms. The minimum atomic E-state index is -0.301. The third-order valence-corrected chi connectivity index (χ3v) is 5.03. The number of thiazole rings is 1. The van der Waals surface area contributed by atoms with Crippen molar-refractivity contribution in [1.29, 1.82) is 0 Å². The van der Waals surface area contributed by atoms with Gasteiger partial charge in [0.1, 0.15) is 18.3 Å². The molecule has 0 aliphatic carbocycles. The van der Waals surface area contributed by atoms with Crippen LogP contribution in [0.3, 0.4) is 0 Å². The Labute approximate surface area is 158 Å². The smallest absolute Gasteiger partial charge is 0.264 e. The fraction of sp³-hybridized carbons (Fsp3) is 0.167. The lowest BCUT2D eigenvalue weighted by Gasteiger charge is -2.20. The van der Waals surface area contributed by atoms with Crippen molar-refractivity contribution in [1.82, 2.24) is 24.3 Å². The van der Waals surface area contributed by atoms with E-state index in [1.165, 1.54) is 38.0 Å². The summed E-state index contributed by atoms with van der Waals surface area (Å²) in [6.07, 6.45) is 2.84. The zero-order valence-corrected chi connectivity index (χ0v) is 15.6. The van der Waals surface area contributed by atoms with Gasteiger partial charge < -0.3 is 0 Å². The first-order valence-corrected chi connectivity index (χ1v) is 9.10. The van der Waals surface area contributed by atoms with Gasteiger partial charge in [0.2, 0.25) is 0 Å². The Hall–Kier alpha value is -3.33. The molecule has 9 heteroatoms. The Kier molecular flexibility index (Phi) is 4.28. The first-order chi connectivity index (χ1) is 13.0. The van der Waals surface area contributed by atoms with Gasteiger partial charge in [-0.2, -0.15) is 5.10 Å². The van der Waals surface area contributed by atoms with E-state index in [1.54, 1.807) is 7.05 Å². The second kappa shape index (κ2) is 6.76. The van der Waals surface area contributed by atoms with Gasteiger partial charge in [0.05, 0.1) is 17.6 Å². The lowest BCUT2D eigenvalue weighted by Crippen LogP contribution is -2.33. The zero-order chi connectivity index (χ0) is 19.0. The van der Waals surface area contributed by atoms with Crippen molar-refractivity contribution in [2.75, 3.05) is 4.90 Å². The highest BCUT2D eigenvalue weighted by atomic mass is 32.1. The number of nitrogens with zero attached hydrogens (tertiary/aromatic N) is 6. The number of aromatic nitrogens is 5. The summed E-state index contributed by atoms with van der Waals surface area (Å²) < 4.78 is 2.82. The number of aryl methyl sites for hydroxylation is 2. The van der Waals surface area contributed by atoms with Crippen LogP contribution in [0.5, 0.6) is 0 Å². The molecule has 0 saturated carbocycles. The van der Waals surface area contributed by atoms with Crippen LogP contribution in [-0.4, -0.2) is 30.2 Å². The molecule has 8 nitrogen and oxygen atoms in total.